The van der Waals surface area contributed by atoms with Gasteiger partial charge in [0.1, 0.15) is 0 Å². The molecule has 0 bridgehead atoms. The number of hydrogen-bond donors (Lipinski definition) is 1. The average molecular weight is 302 g/mol. The quantitative estimate of drug-likeness (QED) is 0.832. The Hall–Kier alpha value is 0.170. The van der Waals surface area contributed by atoms with E-state index >= 15 is 0 Å². The summed E-state index contributed by atoms with van der Waals surface area (Å²) in [5.41, 5.74) is 1.40. The number of hydrogen-bond acceptors (Lipinski definition) is 3. The lowest BCUT2D eigenvalue weighted by Crippen LogP contribution is -2.28. The van der Waals surface area contributed by atoms with E-state index in [2.05, 4.69) is 30.0 Å². The van der Waals surface area contributed by atoms with Gasteiger partial charge < -0.3 is 5.32 Å². The van der Waals surface area contributed by atoms with Crippen molar-refractivity contribution >= 4 is 35.1 Å². The van der Waals surface area contributed by atoms with Crippen LogP contribution in [-0.4, -0.2) is 25.6 Å². The van der Waals surface area contributed by atoms with Gasteiger partial charge in [-0.15, -0.1) is 23.5 Å². The van der Waals surface area contributed by atoms with Crippen molar-refractivity contribution in [2.24, 2.45) is 5.92 Å². The summed E-state index contributed by atoms with van der Waals surface area (Å²) in [6.45, 7) is 2.33. The molecule has 1 aliphatic rings. The minimum absolute atomic E-state index is 0.817. The van der Waals surface area contributed by atoms with E-state index in [1.165, 1.54) is 34.6 Å². The fourth-order valence-corrected chi connectivity index (χ4v) is 4.62. The van der Waals surface area contributed by atoms with Gasteiger partial charge in [0.05, 0.1) is 5.02 Å². The molecule has 18 heavy (non-hydrogen) atoms. The Morgan fingerprint density at radius 1 is 1.22 bits per heavy atom. The van der Waals surface area contributed by atoms with Crippen molar-refractivity contribution in [2.75, 3.05) is 25.6 Å². The van der Waals surface area contributed by atoms with Crippen LogP contribution < -0.4 is 5.32 Å². The summed E-state index contributed by atoms with van der Waals surface area (Å²) >= 11 is 9.92. The topological polar surface area (TPSA) is 12.0 Å². The highest BCUT2D eigenvalue weighted by Gasteiger charge is 2.15. The van der Waals surface area contributed by atoms with Crippen LogP contribution in [0.5, 0.6) is 0 Å². The lowest BCUT2D eigenvalue weighted by atomic mass is 9.91. The molecule has 0 atom stereocenters. The predicted molar refractivity (Wildman–Crippen MR) is 84.3 cm³/mol. The highest BCUT2D eigenvalue weighted by molar-refractivity contribution is 8.01. The van der Waals surface area contributed by atoms with Gasteiger partial charge in [-0.05, 0) is 68.5 Å². The molecule has 0 saturated carbocycles. The Bertz CT molecular complexity index is 403. The van der Waals surface area contributed by atoms with Gasteiger partial charge in [-0.2, -0.15) is 0 Å². The molecule has 4 heteroatoms. The maximum atomic E-state index is 6.38. The maximum absolute atomic E-state index is 6.38. The molecule has 1 aromatic rings. The second-order valence-corrected chi connectivity index (χ2v) is 6.78. The molecule has 2 rings (SSSR count). The minimum atomic E-state index is 0.817. The van der Waals surface area contributed by atoms with E-state index in [0.29, 0.717) is 0 Å². The van der Waals surface area contributed by atoms with E-state index in [1.807, 2.05) is 0 Å². The van der Waals surface area contributed by atoms with Crippen molar-refractivity contribution in [2.45, 2.75) is 29.1 Å². The van der Waals surface area contributed by atoms with Crippen LogP contribution in [0.3, 0.4) is 0 Å². The lowest BCUT2D eigenvalue weighted by molar-refractivity contribution is 0.372. The van der Waals surface area contributed by atoms with Crippen molar-refractivity contribution in [1.82, 2.24) is 5.32 Å². The zero-order valence-corrected chi connectivity index (χ0v) is 13.4. The standard InChI is InChI=1S/C14H20ClNS2/c1-17-13-9-11(8-12(15)14(13)18-2)7-10-3-5-16-6-4-10/h8-10,16H,3-7H2,1-2H3. The van der Waals surface area contributed by atoms with E-state index in [4.69, 9.17) is 11.6 Å². The predicted octanol–water partition coefficient (Wildman–Crippen LogP) is 4.33. The largest absolute Gasteiger partial charge is 0.317 e. The van der Waals surface area contributed by atoms with Gasteiger partial charge in [-0.1, -0.05) is 11.6 Å². The summed E-state index contributed by atoms with van der Waals surface area (Å²) in [6.07, 6.45) is 7.96. The normalized spacial score (nSPS) is 17.1. The van der Waals surface area contributed by atoms with Gasteiger partial charge in [0.2, 0.25) is 0 Å². The first-order valence-corrected chi connectivity index (χ1v) is 9.18. The molecule has 1 N–H and O–H groups in total. The van der Waals surface area contributed by atoms with Gasteiger partial charge in [0, 0.05) is 9.79 Å². The third-order valence-electron chi connectivity index (χ3n) is 3.48. The Morgan fingerprint density at radius 3 is 2.56 bits per heavy atom. The van der Waals surface area contributed by atoms with Crippen molar-refractivity contribution in [3.63, 3.8) is 0 Å². The van der Waals surface area contributed by atoms with Gasteiger partial charge in [0.25, 0.3) is 0 Å². The molecular formula is C14H20ClNS2. The molecule has 1 nitrogen and oxygen atoms in total. The van der Waals surface area contributed by atoms with Gasteiger partial charge in [-0.3, -0.25) is 0 Å². The number of benzene rings is 1. The fraction of sp³-hybridized carbons (Fsp3) is 0.571. The molecule has 0 aliphatic carbocycles. The van der Waals surface area contributed by atoms with Crippen LogP contribution in [0, 0.1) is 5.92 Å². The fourth-order valence-electron chi connectivity index (χ4n) is 2.51. The summed E-state index contributed by atoms with van der Waals surface area (Å²) < 4.78 is 0. The molecule has 1 heterocycles. The number of nitrogens with one attached hydrogen (secondary N) is 1. The molecule has 0 aromatic heterocycles. The van der Waals surface area contributed by atoms with E-state index in [0.717, 1.165) is 24.0 Å². The second kappa shape index (κ2) is 7.09. The van der Waals surface area contributed by atoms with Gasteiger partial charge >= 0.3 is 0 Å². The van der Waals surface area contributed by atoms with Gasteiger partial charge in [0.15, 0.2) is 0 Å². The molecule has 100 valence electrons. The summed E-state index contributed by atoms with van der Waals surface area (Å²) in [5.74, 6) is 0.817. The third-order valence-corrected chi connectivity index (χ3v) is 5.63. The van der Waals surface area contributed by atoms with Crippen LogP contribution in [0.2, 0.25) is 5.02 Å². The van der Waals surface area contributed by atoms with Crippen molar-refractivity contribution in [3.8, 4) is 0 Å². The van der Waals surface area contributed by atoms with Crippen LogP contribution in [-0.2, 0) is 6.42 Å². The first-order chi connectivity index (χ1) is 8.74. The van der Waals surface area contributed by atoms with E-state index in [-0.39, 0.29) is 0 Å². The molecule has 0 radical (unpaired) electrons. The summed E-state index contributed by atoms with van der Waals surface area (Å²) in [4.78, 5) is 2.54. The van der Waals surface area contributed by atoms with Gasteiger partial charge in [-0.25, -0.2) is 0 Å². The second-order valence-electron chi connectivity index (χ2n) is 4.71. The zero-order chi connectivity index (χ0) is 13.0. The Morgan fingerprint density at radius 2 is 1.94 bits per heavy atom. The third kappa shape index (κ3) is 3.60. The summed E-state index contributed by atoms with van der Waals surface area (Å²) in [7, 11) is 0. The van der Waals surface area contributed by atoms with Crippen LogP contribution in [0.15, 0.2) is 21.9 Å². The van der Waals surface area contributed by atoms with E-state index < -0.39 is 0 Å². The van der Waals surface area contributed by atoms with E-state index in [1.54, 1.807) is 23.5 Å². The van der Waals surface area contributed by atoms with Crippen molar-refractivity contribution < 1.29 is 0 Å². The highest BCUT2D eigenvalue weighted by atomic mass is 35.5. The number of thioether (sulfide) groups is 2. The number of rotatable bonds is 4. The molecule has 1 fully saturated rings. The lowest BCUT2D eigenvalue weighted by Gasteiger charge is -2.23. The molecule has 1 saturated heterocycles. The first kappa shape index (κ1) is 14.6. The van der Waals surface area contributed by atoms with E-state index in [9.17, 15) is 0 Å². The molecular weight excluding hydrogens is 282 g/mol. The summed E-state index contributed by atoms with van der Waals surface area (Å²) in [6, 6.07) is 4.49. The van der Waals surface area contributed by atoms with Crippen LogP contribution in [0.4, 0.5) is 0 Å². The Kier molecular flexibility index (Phi) is 5.74. The van der Waals surface area contributed by atoms with Crippen LogP contribution in [0.1, 0.15) is 18.4 Å². The first-order valence-electron chi connectivity index (χ1n) is 6.35. The number of piperidine rings is 1. The van der Waals surface area contributed by atoms with Crippen molar-refractivity contribution in [3.05, 3.63) is 22.7 Å². The SMILES string of the molecule is CSc1cc(CC2CCNCC2)cc(Cl)c1SC. The summed E-state index contributed by atoms with van der Waals surface area (Å²) in [5, 5.41) is 4.33. The Labute approximate surface area is 123 Å². The molecule has 0 spiro atoms. The molecule has 0 amide bonds. The monoisotopic (exact) mass is 301 g/mol. The zero-order valence-electron chi connectivity index (χ0n) is 11.0. The molecule has 1 aromatic carbocycles. The highest BCUT2D eigenvalue weighted by Crippen LogP contribution is 2.36. The molecule has 1 aliphatic heterocycles. The smallest absolute Gasteiger partial charge is 0.0555 e. The Balaban J connectivity index is 2.15. The minimum Gasteiger partial charge on any atom is -0.317 e. The number of halogens is 1. The molecule has 0 unspecified atom stereocenters. The van der Waals surface area contributed by atoms with Crippen LogP contribution >= 0.6 is 35.1 Å². The maximum Gasteiger partial charge on any atom is 0.0555 e. The average Bonchev–Trinajstić information content (AvgIpc) is 2.39. The van der Waals surface area contributed by atoms with Crippen LogP contribution in [0.25, 0.3) is 0 Å². The van der Waals surface area contributed by atoms with Crippen molar-refractivity contribution in [1.29, 1.82) is 0 Å².